The number of benzene rings is 2. The third-order valence-electron chi connectivity index (χ3n) is 4.48. The minimum absolute atomic E-state index is 0.0962. The molecule has 0 amide bonds. The quantitative estimate of drug-likeness (QED) is 0.570. The Morgan fingerprint density at radius 3 is 2.59 bits per heavy atom. The van der Waals surface area contributed by atoms with E-state index in [0.29, 0.717) is 22.1 Å². The molecule has 2 aromatic carbocycles. The Kier molecular flexibility index (Phi) is 5.02. The minimum Gasteiger partial charge on any atom is -0.459 e. The van der Waals surface area contributed by atoms with E-state index in [4.69, 9.17) is 26.6 Å². The molecule has 0 saturated heterocycles. The van der Waals surface area contributed by atoms with Gasteiger partial charge in [0.1, 0.15) is 17.6 Å². The van der Waals surface area contributed by atoms with Crippen LogP contribution in [0.5, 0.6) is 0 Å². The molecule has 1 unspecified atom stereocenters. The Labute approximate surface area is 169 Å². The number of hydroxylamine groups is 2. The van der Waals surface area contributed by atoms with Gasteiger partial charge in [-0.3, -0.25) is 0 Å². The molecule has 1 aromatic heterocycles. The molecular weight excluding hydrogens is 405 g/mol. The number of hydrogen-bond acceptors (Lipinski definition) is 4. The maximum absolute atomic E-state index is 13.0. The molecule has 8 heteroatoms. The highest BCUT2D eigenvalue weighted by Gasteiger charge is 2.33. The lowest BCUT2D eigenvalue weighted by Gasteiger charge is -2.21. The van der Waals surface area contributed by atoms with Gasteiger partial charge in [-0.05, 0) is 35.9 Å². The van der Waals surface area contributed by atoms with Crippen LogP contribution in [-0.2, 0) is 17.6 Å². The average Bonchev–Trinajstić information content (AvgIpc) is 3.28. The molecule has 0 spiro atoms. The number of furan rings is 1. The Hall–Kier alpha value is -2.90. The van der Waals surface area contributed by atoms with Gasteiger partial charge >= 0.3 is 6.18 Å². The van der Waals surface area contributed by atoms with E-state index in [1.807, 2.05) is 12.1 Å². The molecule has 2 heterocycles. The summed E-state index contributed by atoms with van der Waals surface area (Å²) >= 11 is 6.03. The number of halogens is 4. The lowest BCUT2D eigenvalue weighted by molar-refractivity contribution is -0.138. The largest absolute Gasteiger partial charge is 0.459 e. The second kappa shape index (κ2) is 7.50. The monoisotopic (exact) mass is 420 g/mol. The van der Waals surface area contributed by atoms with Crippen molar-refractivity contribution >= 4 is 11.6 Å². The van der Waals surface area contributed by atoms with Crippen molar-refractivity contribution in [3.05, 3.63) is 94.5 Å². The summed E-state index contributed by atoms with van der Waals surface area (Å²) in [7, 11) is 0. The van der Waals surface area contributed by atoms with Crippen LogP contribution in [0.3, 0.4) is 0 Å². The van der Waals surface area contributed by atoms with Gasteiger partial charge < -0.3 is 15.0 Å². The first kappa shape index (κ1) is 19.4. The molecule has 0 bridgehead atoms. The lowest BCUT2D eigenvalue weighted by atomic mass is 10.1. The molecule has 3 aromatic rings. The summed E-state index contributed by atoms with van der Waals surface area (Å²) in [6.45, 7) is 0.0962. The molecule has 1 aliphatic heterocycles. The first-order valence-corrected chi connectivity index (χ1v) is 9.11. The van der Waals surface area contributed by atoms with Crippen LogP contribution < -0.4 is 5.73 Å². The van der Waals surface area contributed by atoms with Gasteiger partial charge in [0.15, 0.2) is 0 Å². The molecule has 29 heavy (non-hydrogen) atoms. The zero-order valence-corrected chi connectivity index (χ0v) is 15.7. The third kappa shape index (κ3) is 4.26. The summed E-state index contributed by atoms with van der Waals surface area (Å²) in [6, 6.07) is 15.4. The van der Waals surface area contributed by atoms with E-state index in [9.17, 15) is 13.2 Å². The van der Waals surface area contributed by atoms with Gasteiger partial charge in [-0.1, -0.05) is 41.9 Å². The molecule has 1 aliphatic rings. The SMILES string of the molecule is NC1=CC(c2ccc(-c3cccc(Cl)c3)o2)N(Cc2cccc(C(F)(F)F)c2)O1. The van der Waals surface area contributed by atoms with Crippen molar-refractivity contribution in [1.82, 2.24) is 5.06 Å². The van der Waals surface area contributed by atoms with E-state index in [1.54, 1.807) is 36.4 Å². The summed E-state index contributed by atoms with van der Waals surface area (Å²) in [6.07, 6.45) is -2.76. The van der Waals surface area contributed by atoms with Gasteiger partial charge in [0, 0.05) is 16.7 Å². The van der Waals surface area contributed by atoms with Gasteiger partial charge in [-0.2, -0.15) is 13.2 Å². The second-order valence-electron chi connectivity index (χ2n) is 6.59. The van der Waals surface area contributed by atoms with Gasteiger partial charge in [0.2, 0.25) is 5.88 Å². The van der Waals surface area contributed by atoms with Crippen molar-refractivity contribution in [3.63, 3.8) is 0 Å². The van der Waals surface area contributed by atoms with Crippen molar-refractivity contribution in [1.29, 1.82) is 0 Å². The van der Waals surface area contributed by atoms with Crippen molar-refractivity contribution in [2.75, 3.05) is 0 Å². The fraction of sp³-hybridized carbons (Fsp3) is 0.143. The van der Waals surface area contributed by atoms with Crippen molar-refractivity contribution in [2.24, 2.45) is 5.73 Å². The van der Waals surface area contributed by atoms with Gasteiger partial charge in [-0.25, -0.2) is 0 Å². The highest BCUT2D eigenvalue weighted by Crippen LogP contribution is 2.36. The summed E-state index contributed by atoms with van der Waals surface area (Å²) in [5, 5.41) is 2.06. The maximum Gasteiger partial charge on any atom is 0.416 e. The Balaban J connectivity index is 1.57. The predicted octanol–water partition coefficient (Wildman–Crippen LogP) is 5.91. The van der Waals surface area contributed by atoms with E-state index in [-0.39, 0.29) is 12.4 Å². The highest BCUT2D eigenvalue weighted by molar-refractivity contribution is 6.30. The Bertz CT molecular complexity index is 1060. The van der Waals surface area contributed by atoms with Crippen LogP contribution in [0.15, 0.2) is 77.0 Å². The van der Waals surface area contributed by atoms with E-state index >= 15 is 0 Å². The van der Waals surface area contributed by atoms with E-state index in [2.05, 4.69) is 0 Å². The molecule has 1 atom stereocenters. The average molecular weight is 421 g/mol. The number of rotatable bonds is 4. The van der Waals surface area contributed by atoms with Gasteiger partial charge in [-0.15, -0.1) is 5.06 Å². The van der Waals surface area contributed by atoms with Gasteiger partial charge in [0.05, 0.1) is 12.1 Å². The maximum atomic E-state index is 13.0. The normalized spacial score (nSPS) is 17.2. The molecular formula is C21H16ClF3N2O2. The molecule has 4 nitrogen and oxygen atoms in total. The predicted molar refractivity (Wildman–Crippen MR) is 102 cm³/mol. The summed E-state index contributed by atoms with van der Waals surface area (Å²) in [4.78, 5) is 5.50. The van der Waals surface area contributed by atoms with Crippen LogP contribution >= 0.6 is 11.6 Å². The number of alkyl halides is 3. The van der Waals surface area contributed by atoms with Crippen LogP contribution in [0.25, 0.3) is 11.3 Å². The van der Waals surface area contributed by atoms with E-state index < -0.39 is 17.8 Å². The molecule has 0 fully saturated rings. The Morgan fingerprint density at radius 1 is 1.03 bits per heavy atom. The molecule has 0 radical (unpaired) electrons. The van der Waals surface area contributed by atoms with Crippen LogP contribution in [0.2, 0.25) is 5.02 Å². The van der Waals surface area contributed by atoms with E-state index in [1.165, 1.54) is 11.1 Å². The highest BCUT2D eigenvalue weighted by atomic mass is 35.5. The van der Waals surface area contributed by atoms with Crippen LogP contribution in [-0.4, -0.2) is 5.06 Å². The molecule has 4 rings (SSSR count). The zero-order valence-electron chi connectivity index (χ0n) is 15.0. The van der Waals surface area contributed by atoms with E-state index in [0.717, 1.165) is 17.7 Å². The zero-order chi connectivity index (χ0) is 20.6. The Morgan fingerprint density at radius 2 is 1.83 bits per heavy atom. The summed E-state index contributed by atoms with van der Waals surface area (Å²) in [5.41, 5.74) is 6.34. The molecule has 0 aliphatic carbocycles. The van der Waals surface area contributed by atoms with Crippen LogP contribution in [0, 0.1) is 0 Å². The minimum atomic E-state index is -4.41. The second-order valence-corrected chi connectivity index (χ2v) is 7.03. The smallest absolute Gasteiger partial charge is 0.416 e. The lowest BCUT2D eigenvalue weighted by Crippen LogP contribution is -2.23. The fourth-order valence-corrected chi connectivity index (χ4v) is 3.34. The summed E-state index contributed by atoms with van der Waals surface area (Å²) < 4.78 is 44.9. The molecule has 2 N–H and O–H groups in total. The topological polar surface area (TPSA) is 51.6 Å². The molecule has 150 valence electrons. The van der Waals surface area contributed by atoms with Crippen molar-refractivity contribution < 1.29 is 22.4 Å². The van der Waals surface area contributed by atoms with Crippen molar-refractivity contribution in [3.8, 4) is 11.3 Å². The number of hydrogen-bond donors (Lipinski definition) is 1. The van der Waals surface area contributed by atoms with Crippen molar-refractivity contribution in [2.45, 2.75) is 18.8 Å². The number of nitrogens with zero attached hydrogens (tertiary/aromatic N) is 1. The van der Waals surface area contributed by atoms with Gasteiger partial charge in [0.25, 0.3) is 0 Å². The fourth-order valence-electron chi connectivity index (χ4n) is 3.15. The number of nitrogens with two attached hydrogens (primary N) is 1. The van der Waals surface area contributed by atoms with Crippen LogP contribution in [0.1, 0.15) is 22.9 Å². The standard InChI is InChI=1S/C21H16ClF3N2O2/c22-16-6-2-4-14(10-16)18-7-8-19(28-18)17-11-20(26)29-27(17)12-13-3-1-5-15(9-13)21(23,24)25/h1-11,17H,12,26H2. The van der Waals surface area contributed by atoms with Crippen LogP contribution in [0.4, 0.5) is 13.2 Å². The molecule has 0 saturated carbocycles. The first-order chi connectivity index (χ1) is 13.8. The third-order valence-corrected chi connectivity index (χ3v) is 4.71. The summed E-state index contributed by atoms with van der Waals surface area (Å²) in [5.74, 6) is 1.32. The first-order valence-electron chi connectivity index (χ1n) is 8.73.